The molecule has 0 amide bonds. The summed E-state index contributed by atoms with van der Waals surface area (Å²) in [7, 11) is 0. The lowest BCUT2D eigenvalue weighted by Gasteiger charge is -1.48. The monoisotopic (exact) mass is 511 g/mol. The summed E-state index contributed by atoms with van der Waals surface area (Å²) < 4.78 is 0. The zero-order valence-electron chi connectivity index (χ0n) is 32.7. The molecule has 0 rings (SSSR count). The molecule has 0 aromatic heterocycles. The molecule has 0 atom stereocenters. The van der Waals surface area contributed by atoms with E-state index in [-0.39, 0.29) is 7.43 Å². The lowest BCUT2D eigenvalue weighted by Crippen LogP contribution is -1.27. The highest BCUT2D eigenvalue weighted by atomic mass is 13.4. The molecule has 0 aliphatic rings. The molecule has 0 aromatic carbocycles. The van der Waals surface area contributed by atoms with Crippen LogP contribution < -0.4 is 0 Å². The third-order valence-corrected chi connectivity index (χ3v) is 0. The summed E-state index contributed by atoms with van der Waals surface area (Å²) in [6.45, 7) is 64.2. The van der Waals surface area contributed by atoms with E-state index in [0.717, 1.165) is 0 Å². The second-order valence-corrected chi connectivity index (χ2v) is 0.707. The average molecular weight is 511 g/mol. The molecule has 0 unspecified atom stereocenters. The van der Waals surface area contributed by atoms with Crippen molar-refractivity contribution < 1.29 is 0 Å². The Labute approximate surface area is 235 Å². The molecular weight excluding hydrogens is 408 g/mol. The Hall–Kier alpha value is 0. The van der Waals surface area contributed by atoms with E-state index in [2.05, 4.69) is 13.8 Å². The van der Waals surface area contributed by atoms with Gasteiger partial charge in [0.15, 0.2) is 0 Å². The molecule has 0 spiro atoms. The van der Waals surface area contributed by atoms with E-state index >= 15 is 0 Å². The average Bonchev–Trinajstić information content (AvgIpc) is 3.04. The van der Waals surface area contributed by atoms with Crippen molar-refractivity contribution in [2.45, 2.75) is 235 Å². The van der Waals surface area contributed by atoms with Crippen molar-refractivity contribution in [3.05, 3.63) is 0 Å². The lowest BCUT2D eigenvalue weighted by molar-refractivity contribution is 1.09. The topological polar surface area (TPSA) is 0 Å². The van der Waals surface area contributed by atoms with E-state index in [0.29, 0.717) is 0 Å². The zero-order valence-corrected chi connectivity index (χ0v) is 32.7. The van der Waals surface area contributed by atoms with Crippen LogP contribution in [0.5, 0.6) is 0 Å². The third kappa shape index (κ3) is 0. The molecule has 0 saturated carbocycles. The molecule has 238 valence electrons. The van der Waals surface area contributed by atoms with Crippen LogP contribution in [-0.4, -0.2) is 0 Å². The van der Waals surface area contributed by atoms with Crippen molar-refractivity contribution in [1.29, 1.82) is 0 Å². The lowest BCUT2D eigenvalue weighted by atomic mass is 10.6. The van der Waals surface area contributed by atoms with Crippen LogP contribution in [0, 0.1) is 0 Å². The predicted octanol–water partition coefficient (Wildman–Crippen LogP) is 17.4. The van der Waals surface area contributed by atoms with Crippen LogP contribution in [0.2, 0.25) is 0 Å². The molecule has 0 aliphatic heterocycles. The van der Waals surface area contributed by atoms with Gasteiger partial charge in [0.05, 0.1) is 0 Å². The number of hydrogen-bond acceptors (Lipinski definition) is 0. The zero-order chi connectivity index (χ0) is 32.7. The van der Waals surface area contributed by atoms with Gasteiger partial charge in [0.2, 0.25) is 0 Å². The van der Waals surface area contributed by atoms with E-state index in [1.165, 1.54) is 6.42 Å². The first-order valence-electron chi connectivity index (χ1n) is 16.4. The minimum Gasteiger partial charge on any atom is -0.0776 e. The van der Waals surface area contributed by atoms with Crippen LogP contribution >= 0.6 is 0 Å². The SMILES string of the molecule is C.CC.CC.CC.CC.CC.CC.CC.CC.CC.CC.CC.CC.CC.CC.CC.CCC. The number of hydrogen-bond donors (Lipinski definition) is 0. The predicted molar refractivity (Wildman–Crippen MR) is 193 cm³/mol. The fourth-order valence-corrected chi connectivity index (χ4v) is 0. The van der Waals surface area contributed by atoms with Crippen LogP contribution in [0.1, 0.15) is 235 Å². The first-order valence-corrected chi connectivity index (χ1v) is 16.4. The van der Waals surface area contributed by atoms with E-state index in [9.17, 15) is 0 Å². The second-order valence-electron chi connectivity index (χ2n) is 0.707. The standard InChI is InChI=1S/C3H8.15C2H6.CH4/c1-3-2;15*1-2;/h3H2,1-2H3;15*1-2H3;1H4. The Morgan fingerprint density at radius 3 is 0.176 bits per heavy atom. The molecule has 0 N–H and O–H groups in total. The molecule has 0 nitrogen and oxygen atoms in total. The molecule has 0 heterocycles. The van der Waals surface area contributed by atoms with Crippen LogP contribution in [0.25, 0.3) is 0 Å². The van der Waals surface area contributed by atoms with Gasteiger partial charge in [0.25, 0.3) is 0 Å². The largest absolute Gasteiger partial charge is 0.0776 e. The maximum atomic E-state index is 2.12. The van der Waals surface area contributed by atoms with Gasteiger partial charge in [0, 0.05) is 0 Å². The number of rotatable bonds is 0. The van der Waals surface area contributed by atoms with E-state index in [1.807, 2.05) is 208 Å². The van der Waals surface area contributed by atoms with Crippen molar-refractivity contribution in [3.8, 4) is 0 Å². The summed E-state index contributed by atoms with van der Waals surface area (Å²) in [6.07, 6.45) is 1.25. The molecule has 0 aromatic rings. The minimum atomic E-state index is 0. The summed E-state index contributed by atoms with van der Waals surface area (Å²) in [5.74, 6) is 0. The van der Waals surface area contributed by atoms with E-state index in [1.54, 1.807) is 0 Å². The first kappa shape index (κ1) is 128. The fraction of sp³-hybridized carbons (Fsp3) is 1.00. The van der Waals surface area contributed by atoms with Gasteiger partial charge in [-0.1, -0.05) is 235 Å². The summed E-state index contributed by atoms with van der Waals surface area (Å²) in [5.41, 5.74) is 0. The molecule has 0 heteroatoms. The summed E-state index contributed by atoms with van der Waals surface area (Å²) in [4.78, 5) is 0. The van der Waals surface area contributed by atoms with Gasteiger partial charge < -0.3 is 0 Å². The Balaban J connectivity index is -0.00000000604. The normalized spacial score (nSPS) is 3.18. The Morgan fingerprint density at radius 2 is 0.176 bits per heavy atom. The van der Waals surface area contributed by atoms with Gasteiger partial charge in [0.1, 0.15) is 0 Å². The van der Waals surface area contributed by atoms with Crippen LogP contribution in [0.15, 0.2) is 0 Å². The Kier molecular flexibility index (Phi) is 127000. The van der Waals surface area contributed by atoms with Gasteiger partial charge in [-0.15, -0.1) is 0 Å². The highest BCUT2D eigenvalue weighted by molar-refractivity contribution is 3.92. The smallest absolute Gasteiger partial charge is 0.0590 e. The Morgan fingerprint density at radius 1 is 0.176 bits per heavy atom. The third-order valence-electron chi connectivity index (χ3n) is 0. The second kappa shape index (κ2) is 33800. The van der Waals surface area contributed by atoms with Gasteiger partial charge in [-0.25, -0.2) is 0 Å². The van der Waals surface area contributed by atoms with Gasteiger partial charge in [-0.3, -0.25) is 0 Å². The highest BCUT2D eigenvalue weighted by Gasteiger charge is 1.35. The van der Waals surface area contributed by atoms with Crippen LogP contribution in [0.3, 0.4) is 0 Å². The minimum absolute atomic E-state index is 0. The van der Waals surface area contributed by atoms with Gasteiger partial charge >= 0.3 is 0 Å². The summed E-state index contributed by atoms with van der Waals surface area (Å²) >= 11 is 0. The van der Waals surface area contributed by atoms with Crippen LogP contribution in [0.4, 0.5) is 0 Å². The van der Waals surface area contributed by atoms with Gasteiger partial charge in [-0.05, 0) is 0 Å². The first-order chi connectivity index (χ1) is 16.4. The molecule has 0 fully saturated rings. The molecule has 34 heavy (non-hydrogen) atoms. The van der Waals surface area contributed by atoms with Crippen LogP contribution in [-0.2, 0) is 0 Å². The Bertz CT molecular complexity index is 0. The van der Waals surface area contributed by atoms with Crippen molar-refractivity contribution >= 4 is 0 Å². The molecule has 0 bridgehead atoms. The molecule has 0 saturated heterocycles. The maximum Gasteiger partial charge on any atom is -0.0590 e. The quantitative estimate of drug-likeness (QED) is 0.304. The van der Waals surface area contributed by atoms with Crippen molar-refractivity contribution in [2.75, 3.05) is 0 Å². The van der Waals surface area contributed by atoms with Gasteiger partial charge in [-0.2, -0.15) is 0 Å². The van der Waals surface area contributed by atoms with Crippen molar-refractivity contribution in [3.63, 3.8) is 0 Å². The summed E-state index contributed by atoms with van der Waals surface area (Å²) in [6, 6.07) is 0. The van der Waals surface area contributed by atoms with Crippen molar-refractivity contribution in [1.82, 2.24) is 0 Å². The van der Waals surface area contributed by atoms with Crippen molar-refractivity contribution in [2.24, 2.45) is 0 Å². The molecular formula is C34H102. The van der Waals surface area contributed by atoms with E-state index in [4.69, 9.17) is 0 Å². The molecule has 0 aliphatic carbocycles. The fourth-order valence-electron chi connectivity index (χ4n) is 0. The molecule has 0 radical (unpaired) electrons. The van der Waals surface area contributed by atoms with E-state index < -0.39 is 0 Å². The highest BCUT2D eigenvalue weighted by Crippen LogP contribution is 1.56. The summed E-state index contributed by atoms with van der Waals surface area (Å²) in [5, 5.41) is 0. The maximum absolute atomic E-state index is 2.12.